The molecular formula is C27H25F2NO4S. The Morgan fingerprint density at radius 1 is 0.971 bits per heavy atom. The minimum atomic E-state index is -3.27. The van der Waals surface area contributed by atoms with E-state index in [1.165, 1.54) is 24.3 Å². The van der Waals surface area contributed by atoms with Crippen LogP contribution in [0.15, 0.2) is 77.7 Å². The number of sulfone groups is 1. The third kappa shape index (κ3) is 7.66. The van der Waals surface area contributed by atoms with Gasteiger partial charge in [-0.15, -0.1) is 0 Å². The lowest BCUT2D eigenvalue weighted by molar-refractivity contribution is -0.115. The molecular weight excluding hydrogens is 472 g/mol. The molecule has 35 heavy (non-hydrogen) atoms. The number of anilines is 1. The van der Waals surface area contributed by atoms with E-state index < -0.39 is 16.4 Å². The molecule has 0 saturated heterocycles. The summed E-state index contributed by atoms with van der Waals surface area (Å²) >= 11 is 0. The van der Waals surface area contributed by atoms with Crippen molar-refractivity contribution >= 4 is 21.4 Å². The number of hydrogen-bond acceptors (Lipinski definition) is 4. The van der Waals surface area contributed by atoms with Gasteiger partial charge in [0, 0.05) is 17.2 Å². The molecule has 0 saturated carbocycles. The number of amides is 1. The summed E-state index contributed by atoms with van der Waals surface area (Å²) in [5, 5.41) is 2.81. The van der Waals surface area contributed by atoms with Crippen molar-refractivity contribution in [3.63, 3.8) is 0 Å². The van der Waals surface area contributed by atoms with Gasteiger partial charge < -0.3 is 10.1 Å². The van der Waals surface area contributed by atoms with Crippen LogP contribution in [-0.2, 0) is 21.1 Å². The number of alkyl halides is 2. The maximum absolute atomic E-state index is 12.4. The molecule has 0 radical (unpaired) electrons. The van der Waals surface area contributed by atoms with Crippen molar-refractivity contribution in [2.45, 2.75) is 37.7 Å². The van der Waals surface area contributed by atoms with Crippen LogP contribution in [0.1, 0.15) is 36.5 Å². The smallest absolute Gasteiger partial charge is 0.387 e. The van der Waals surface area contributed by atoms with Gasteiger partial charge in [0.2, 0.25) is 5.91 Å². The van der Waals surface area contributed by atoms with Crippen LogP contribution in [0, 0.1) is 11.8 Å². The summed E-state index contributed by atoms with van der Waals surface area (Å²) in [7, 11) is -3.27. The molecule has 0 aliphatic heterocycles. The Kier molecular flexibility index (Phi) is 8.61. The van der Waals surface area contributed by atoms with Gasteiger partial charge in [0.1, 0.15) is 5.75 Å². The molecule has 0 fully saturated rings. The lowest BCUT2D eigenvalue weighted by Gasteiger charge is -2.08. The van der Waals surface area contributed by atoms with E-state index in [0.717, 1.165) is 11.1 Å². The number of ether oxygens (including phenoxy) is 1. The van der Waals surface area contributed by atoms with Crippen LogP contribution >= 0.6 is 0 Å². The van der Waals surface area contributed by atoms with Crippen LogP contribution in [0.25, 0.3) is 0 Å². The Hall–Kier alpha value is -3.70. The van der Waals surface area contributed by atoms with E-state index in [4.69, 9.17) is 0 Å². The van der Waals surface area contributed by atoms with Gasteiger partial charge in [-0.1, -0.05) is 43.0 Å². The molecule has 0 spiro atoms. The maximum Gasteiger partial charge on any atom is 0.387 e. The first-order valence-electron chi connectivity index (χ1n) is 10.9. The lowest BCUT2D eigenvalue weighted by atomic mass is 10.0. The van der Waals surface area contributed by atoms with Crippen molar-refractivity contribution in [3.8, 4) is 17.6 Å². The molecule has 3 aromatic rings. The van der Waals surface area contributed by atoms with E-state index in [-0.39, 0.29) is 34.6 Å². The number of rotatable bonds is 8. The predicted octanol–water partition coefficient (Wildman–Crippen LogP) is 5.42. The number of carbonyl (C=O) groups is 1. The number of benzene rings is 3. The molecule has 1 amide bonds. The van der Waals surface area contributed by atoms with Crippen LogP contribution in [0.3, 0.4) is 0 Å². The zero-order valence-corrected chi connectivity index (χ0v) is 20.1. The Morgan fingerprint density at radius 2 is 1.60 bits per heavy atom. The molecule has 1 unspecified atom stereocenters. The van der Waals surface area contributed by atoms with Crippen molar-refractivity contribution in [1.29, 1.82) is 0 Å². The highest BCUT2D eigenvalue weighted by Crippen LogP contribution is 2.20. The van der Waals surface area contributed by atoms with E-state index in [2.05, 4.69) is 21.9 Å². The molecule has 1 atom stereocenters. The Balaban J connectivity index is 1.55. The van der Waals surface area contributed by atoms with Gasteiger partial charge in [-0.25, -0.2) is 8.42 Å². The molecule has 3 rings (SSSR count). The Morgan fingerprint density at radius 3 is 2.17 bits per heavy atom. The highest BCUT2D eigenvalue weighted by molar-refractivity contribution is 7.91. The first kappa shape index (κ1) is 25.9. The van der Waals surface area contributed by atoms with E-state index in [1.54, 1.807) is 55.5 Å². The highest BCUT2D eigenvalue weighted by Gasteiger charge is 2.12. The summed E-state index contributed by atoms with van der Waals surface area (Å²) in [6, 6.07) is 19.8. The Bertz CT molecular complexity index is 1310. The van der Waals surface area contributed by atoms with Gasteiger partial charge in [0.15, 0.2) is 9.84 Å². The second-order valence-corrected chi connectivity index (χ2v) is 10.1. The summed E-state index contributed by atoms with van der Waals surface area (Å²) in [5.74, 6) is 5.98. The summed E-state index contributed by atoms with van der Waals surface area (Å²) in [6.45, 7) is 0.641. The second kappa shape index (κ2) is 11.6. The fourth-order valence-corrected chi connectivity index (χ4v) is 4.11. The summed E-state index contributed by atoms with van der Waals surface area (Å²) in [6.07, 6.45) is 0.118. The quantitative estimate of drug-likeness (QED) is 0.422. The van der Waals surface area contributed by atoms with Crippen molar-refractivity contribution in [3.05, 3.63) is 89.5 Å². The monoisotopic (exact) mass is 497 g/mol. The van der Waals surface area contributed by atoms with E-state index in [9.17, 15) is 22.0 Å². The summed E-state index contributed by atoms with van der Waals surface area (Å²) in [5.41, 5.74) is 2.97. The fraction of sp³-hybridized carbons (Fsp3) is 0.222. The molecule has 0 aliphatic rings. The fourth-order valence-electron chi connectivity index (χ4n) is 3.22. The molecule has 182 valence electrons. The van der Waals surface area contributed by atoms with Crippen molar-refractivity contribution < 1.29 is 26.7 Å². The molecule has 0 aliphatic carbocycles. The van der Waals surface area contributed by atoms with Crippen molar-refractivity contribution in [2.75, 3.05) is 11.1 Å². The number of halogens is 2. The third-order valence-corrected chi connectivity index (χ3v) is 6.98. The average molecular weight is 498 g/mol. The maximum atomic E-state index is 12.4. The minimum absolute atomic E-state index is 0.0260. The first-order chi connectivity index (χ1) is 16.7. The SMILES string of the molecule is CCS(=O)(=O)c1ccc(CC(=O)Nc2ccc(C#CC(C)c3ccc(OC(F)F)cc3)cc2)cc1. The minimum Gasteiger partial charge on any atom is -0.435 e. The normalized spacial score (nSPS) is 11.9. The topological polar surface area (TPSA) is 72.5 Å². The molecule has 1 N–H and O–H groups in total. The molecule has 0 bridgehead atoms. The number of carbonyl (C=O) groups excluding carboxylic acids is 1. The van der Waals surface area contributed by atoms with Gasteiger partial charge in [0.25, 0.3) is 0 Å². The summed E-state index contributed by atoms with van der Waals surface area (Å²) < 4.78 is 52.6. The molecule has 0 aromatic heterocycles. The number of nitrogens with one attached hydrogen (secondary N) is 1. The summed E-state index contributed by atoms with van der Waals surface area (Å²) in [4.78, 5) is 12.6. The zero-order valence-electron chi connectivity index (χ0n) is 19.3. The third-order valence-electron chi connectivity index (χ3n) is 5.23. The standard InChI is InChI=1S/C27H25F2NO4S/c1-3-35(32,33)25-16-8-21(9-17-25)18-26(31)30-23-12-6-20(7-13-23)5-4-19(2)22-10-14-24(15-11-22)34-27(28)29/h6-17,19,27H,3,18H2,1-2H3,(H,30,31). The van der Waals surface area contributed by atoms with Gasteiger partial charge >= 0.3 is 6.61 Å². The zero-order chi connectivity index (χ0) is 25.4. The van der Waals surface area contributed by atoms with Gasteiger partial charge in [0.05, 0.1) is 17.1 Å². The lowest BCUT2D eigenvalue weighted by Crippen LogP contribution is -2.14. The van der Waals surface area contributed by atoms with Gasteiger partial charge in [-0.2, -0.15) is 8.78 Å². The molecule has 5 nitrogen and oxygen atoms in total. The second-order valence-electron chi connectivity index (χ2n) is 7.79. The van der Waals surface area contributed by atoms with Gasteiger partial charge in [-0.05, 0) is 66.6 Å². The predicted molar refractivity (Wildman–Crippen MR) is 131 cm³/mol. The van der Waals surface area contributed by atoms with Crippen molar-refractivity contribution in [2.24, 2.45) is 0 Å². The molecule has 8 heteroatoms. The van der Waals surface area contributed by atoms with Crippen LogP contribution in [0.5, 0.6) is 5.75 Å². The van der Waals surface area contributed by atoms with Crippen molar-refractivity contribution in [1.82, 2.24) is 0 Å². The van der Waals surface area contributed by atoms with E-state index in [0.29, 0.717) is 11.3 Å². The molecule has 0 heterocycles. The van der Waals surface area contributed by atoms with Crippen LogP contribution < -0.4 is 10.1 Å². The number of hydrogen-bond donors (Lipinski definition) is 1. The first-order valence-corrected chi connectivity index (χ1v) is 12.6. The Labute approximate surface area is 204 Å². The van der Waals surface area contributed by atoms with Gasteiger partial charge in [-0.3, -0.25) is 4.79 Å². The molecule has 3 aromatic carbocycles. The van der Waals surface area contributed by atoms with Crippen LogP contribution in [0.2, 0.25) is 0 Å². The highest BCUT2D eigenvalue weighted by atomic mass is 32.2. The van der Waals surface area contributed by atoms with E-state index in [1.807, 2.05) is 6.92 Å². The van der Waals surface area contributed by atoms with E-state index >= 15 is 0 Å². The van der Waals surface area contributed by atoms with Crippen LogP contribution in [0.4, 0.5) is 14.5 Å². The largest absolute Gasteiger partial charge is 0.435 e. The average Bonchev–Trinajstić information content (AvgIpc) is 2.84. The van der Waals surface area contributed by atoms with Crippen LogP contribution in [-0.4, -0.2) is 26.7 Å².